The molecule has 1 aliphatic carbocycles. The van der Waals surface area contributed by atoms with Crippen molar-refractivity contribution in [3.8, 4) is 17.0 Å². The van der Waals surface area contributed by atoms with E-state index in [-0.39, 0.29) is 23.9 Å². The van der Waals surface area contributed by atoms with Gasteiger partial charge in [-0.15, -0.1) is 0 Å². The normalized spacial score (nSPS) is 17.4. The predicted octanol–water partition coefficient (Wildman–Crippen LogP) is 6.02. The van der Waals surface area contributed by atoms with Gasteiger partial charge in [-0.3, -0.25) is 9.78 Å². The van der Waals surface area contributed by atoms with Crippen molar-refractivity contribution < 1.29 is 33.3 Å². The number of pyridine rings is 2. The average Bonchev–Trinajstić information content (AvgIpc) is 3.40. The molecular formula is C39H42N4O7. The second kappa shape index (κ2) is 15.4. The number of aromatic nitrogens is 3. The van der Waals surface area contributed by atoms with Gasteiger partial charge >= 0.3 is 5.97 Å². The number of esters is 1. The Hall–Kier alpha value is -4.84. The molecule has 1 saturated heterocycles. The van der Waals surface area contributed by atoms with Gasteiger partial charge in [0.05, 0.1) is 30.4 Å². The lowest BCUT2D eigenvalue weighted by Gasteiger charge is -2.40. The van der Waals surface area contributed by atoms with Crippen LogP contribution in [0, 0.1) is 0 Å². The number of methoxy groups -OCH3 is 1. The average molecular weight is 679 g/mol. The van der Waals surface area contributed by atoms with Crippen molar-refractivity contribution in [2.24, 2.45) is 7.05 Å². The van der Waals surface area contributed by atoms with Crippen molar-refractivity contribution in [3.05, 3.63) is 84.3 Å². The van der Waals surface area contributed by atoms with E-state index in [1.807, 2.05) is 36.8 Å². The summed E-state index contributed by atoms with van der Waals surface area (Å²) >= 11 is 0. The Bertz CT molecular complexity index is 1950. The molecule has 0 spiro atoms. The summed E-state index contributed by atoms with van der Waals surface area (Å²) in [6.07, 6.45) is 10.2. The number of carbonyl (C=O) groups is 2. The maximum atomic E-state index is 11.8. The summed E-state index contributed by atoms with van der Waals surface area (Å²) in [5, 5.41) is 2.36. The topological polar surface area (TPSA) is 114 Å². The summed E-state index contributed by atoms with van der Waals surface area (Å²) in [6.45, 7) is 4.10. The molecule has 2 fully saturated rings. The highest BCUT2D eigenvalue weighted by atomic mass is 16.5. The molecule has 260 valence electrons. The molecule has 7 rings (SSSR count). The second-order valence-electron chi connectivity index (χ2n) is 12.9. The van der Waals surface area contributed by atoms with Crippen LogP contribution < -0.4 is 9.64 Å². The molecule has 0 amide bonds. The van der Waals surface area contributed by atoms with Crippen LogP contribution in [0.3, 0.4) is 0 Å². The van der Waals surface area contributed by atoms with Crippen molar-refractivity contribution >= 4 is 39.7 Å². The van der Waals surface area contributed by atoms with E-state index in [9.17, 15) is 9.59 Å². The van der Waals surface area contributed by atoms with Crippen LogP contribution in [0.5, 0.6) is 5.88 Å². The van der Waals surface area contributed by atoms with Gasteiger partial charge in [-0.25, -0.2) is 9.78 Å². The van der Waals surface area contributed by atoms with E-state index < -0.39 is 5.97 Å². The van der Waals surface area contributed by atoms with E-state index in [1.54, 1.807) is 12.1 Å². The zero-order valence-electron chi connectivity index (χ0n) is 28.5. The third-order valence-corrected chi connectivity index (χ3v) is 9.57. The molecule has 0 atom stereocenters. The summed E-state index contributed by atoms with van der Waals surface area (Å²) in [5.74, 6) is 0.124. The number of fused-ring (bicyclic) bond motifs is 3. The summed E-state index contributed by atoms with van der Waals surface area (Å²) in [6, 6.07) is 17.7. The van der Waals surface area contributed by atoms with E-state index in [2.05, 4.69) is 50.7 Å². The van der Waals surface area contributed by atoms with Gasteiger partial charge in [0.2, 0.25) is 5.88 Å². The van der Waals surface area contributed by atoms with Gasteiger partial charge in [-0.2, -0.15) is 0 Å². The number of aldehydes is 1. The fourth-order valence-electron chi connectivity index (χ4n) is 6.59. The lowest BCUT2D eigenvalue weighted by molar-refractivity contribution is -0.0664. The van der Waals surface area contributed by atoms with Gasteiger partial charge in [0.15, 0.2) is 6.29 Å². The molecule has 5 aromatic rings. The van der Waals surface area contributed by atoms with E-state index in [0.29, 0.717) is 44.2 Å². The molecule has 2 aromatic carbocycles. The Kier molecular flexibility index (Phi) is 10.3. The highest BCUT2D eigenvalue weighted by Crippen LogP contribution is 2.32. The smallest absolute Gasteiger partial charge is 0.338 e. The number of anilines is 1. The first kappa shape index (κ1) is 33.6. The Morgan fingerprint density at radius 1 is 0.840 bits per heavy atom. The number of ether oxygens (including phenoxy) is 5. The van der Waals surface area contributed by atoms with E-state index in [4.69, 9.17) is 23.7 Å². The molecule has 11 heteroatoms. The molecule has 1 aliphatic heterocycles. The third-order valence-electron chi connectivity index (χ3n) is 9.57. The van der Waals surface area contributed by atoms with Crippen LogP contribution >= 0.6 is 0 Å². The van der Waals surface area contributed by atoms with E-state index in [1.165, 1.54) is 23.5 Å². The molecule has 11 nitrogen and oxygen atoms in total. The maximum absolute atomic E-state index is 11.8. The minimum atomic E-state index is -0.516. The summed E-state index contributed by atoms with van der Waals surface area (Å²) in [4.78, 5) is 34.2. The number of hydrogen-bond acceptors (Lipinski definition) is 10. The molecule has 0 radical (unpaired) electrons. The van der Waals surface area contributed by atoms with Gasteiger partial charge in [-0.1, -0.05) is 12.1 Å². The van der Waals surface area contributed by atoms with Crippen molar-refractivity contribution in [2.45, 2.75) is 44.0 Å². The zero-order chi connectivity index (χ0) is 34.5. The molecule has 0 bridgehead atoms. The SMILES string of the molecule is COC(=O)c1ccc(N2CC(OCCCOCCCO[C@H]3C[C@H](Oc4ccc(-c5ccc6c7cnccc7n(C)c6c5)cn4)C3)C2)cc1C=O. The van der Waals surface area contributed by atoms with Gasteiger partial charge in [0, 0.05) is 117 Å². The standard InChI is InChI=1S/C39H42N4O7/c1-42-36-11-12-40-22-35(36)34-8-5-26(18-37(34)42)27-6-10-38(41-21-27)50-31-19-30(20-31)48-15-3-13-47-14-4-16-49-32-23-43(24-32)29-7-9-33(39(45)46-2)28(17-29)25-44/h5-12,17-18,21-22,25,30-32H,3-4,13-16,19-20,23-24H2,1-2H3/t30-,31-. The minimum absolute atomic E-state index is 0.124. The highest BCUT2D eigenvalue weighted by Gasteiger charge is 2.32. The second-order valence-corrected chi connectivity index (χ2v) is 12.9. The van der Waals surface area contributed by atoms with E-state index >= 15 is 0 Å². The van der Waals surface area contributed by atoms with Crippen LogP contribution in [-0.2, 0) is 26.0 Å². The monoisotopic (exact) mass is 678 g/mol. The molecule has 0 unspecified atom stereocenters. The van der Waals surface area contributed by atoms with Crippen LogP contribution in [0.1, 0.15) is 46.4 Å². The Labute approximate surface area is 291 Å². The first-order valence-electron chi connectivity index (χ1n) is 17.2. The molecular weight excluding hydrogens is 636 g/mol. The fraction of sp³-hybridized carbons (Fsp3) is 0.385. The molecule has 1 saturated carbocycles. The van der Waals surface area contributed by atoms with Gasteiger partial charge in [0.25, 0.3) is 0 Å². The molecule has 4 heterocycles. The van der Waals surface area contributed by atoms with Gasteiger partial charge < -0.3 is 33.2 Å². The quantitative estimate of drug-likeness (QED) is 0.0698. The van der Waals surface area contributed by atoms with Crippen molar-refractivity contribution in [1.82, 2.24) is 14.5 Å². The Balaban J connectivity index is 0.726. The first-order valence-corrected chi connectivity index (χ1v) is 17.2. The van der Waals surface area contributed by atoms with E-state index in [0.717, 1.165) is 61.0 Å². The molecule has 2 aliphatic rings. The first-order chi connectivity index (χ1) is 24.5. The van der Waals surface area contributed by atoms with Crippen LogP contribution in [0.4, 0.5) is 5.69 Å². The fourth-order valence-corrected chi connectivity index (χ4v) is 6.59. The maximum Gasteiger partial charge on any atom is 0.338 e. The van der Waals surface area contributed by atoms with Crippen LogP contribution in [0.2, 0.25) is 0 Å². The van der Waals surface area contributed by atoms with Gasteiger partial charge in [0.1, 0.15) is 6.10 Å². The summed E-state index contributed by atoms with van der Waals surface area (Å²) in [7, 11) is 3.39. The van der Waals surface area contributed by atoms with Crippen molar-refractivity contribution in [2.75, 3.05) is 51.5 Å². The Morgan fingerprint density at radius 3 is 2.36 bits per heavy atom. The minimum Gasteiger partial charge on any atom is -0.474 e. The lowest BCUT2D eigenvalue weighted by Crippen LogP contribution is -2.52. The zero-order valence-corrected chi connectivity index (χ0v) is 28.5. The van der Waals surface area contributed by atoms with Crippen LogP contribution in [0.25, 0.3) is 32.9 Å². The van der Waals surface area contributed by atoms with Crippen molar-refractivity contribution in [1.29, 1.82) is 0 Å². The summed E-state index contributed by atoms with van der Waals surface area (Å²) in [5.41, 5.74) is 6.00. The highest BCUT2D eigenvalue weighted by molar-refractivity contribution is 6.08. The summed E-state index contributed by atoms with van der Waals surface area (Å²) < 4.78 is 30.7. The van der Waals surface area contributed by atoms with Crippen LogP contribution in [-0.4, -0.2) is 91.7 Å². The number of aryl methyl sites for hydroxylation is 1. The number of carbonyl (C=O) groups excluding carboxylic acids is 2. The van der Waals surface area contributed by atoms with Crippen LogP contribution in [0.15, 0.2) is 73.2 Å². The van der Waals surface area contributed by atoms with Gasteiger partial charge in [-0.05, 0) is 54.8 Å². The Morgan fingerprint density at radius 2 is 1.62 bits per heavy atom. The lowest BCUT2D eigenvalue weighted by atomic mass is 9.92. The number of hydrogen-bond donors (Lipinski definition) is 0. The largest absolute Gasteiger partial charge is 0.474 e. The number of benzene rings is 2. The van der Waals surface area contributed by atoms with Crippen molar-refractivity contribution in [3.63, 3.8) is 0 Å². The molecule has 0 N–H and O–H groups in total. The number of rotatable bonds is 16. The predicted molar refractivity (Wildman–Crippen MR) is 190 cm³/mol. The third kappa shape index (κ3) is 7.35. The molecule has 3 aromatic heterocycles. The molecule has 50 heavy (non-hydrogen) atoms. The number of nitrogens with zero attached hydrogens (tertiary/aromatic N) is 4.